The van der Waals surface area contributed by atoms with Crippen LogP contribution in [0.25, 0.3) is 0 Å². The molecule has 0 aliphatic carbocycles. The Kier molecular flexibility index (Phi) is 5.83. The first-order chi connectivity index (χ1) is 10.6. The smallest absolute Gasteiger partial charge is 0.261 e. The van der Waals surface area contributed by atoms with Crippen LogP contribution in [-0.2, 0) is 4.79 Å². The van der Waals surface area contributed by atoms with Crippen LogP contribution in [0.2, 0.25) is 0 Å². The third-order valence-corrected chi connectivity index (χ3v) is 3.98. The maximum absolute atomic E-state index is 12.2. The number of carbonyl (C=O) groups is 1. The SMILES string of the molecule is CSc1ccc(O[C@H](C)C(=O)N[C@H](C)c2ccccn2)cc1. The summed E-state index contributed by atoms with van der Waals surface area (Å²) in [6.07, 6.45) is 3.17. The lowest BCUT2D eigenvalue weighted by Gasteiger charge is -2.18. The van der Waals surface area contributed by atoms with Gasteiger partial charge in [-0.15, -0.1) is 11.8 Å². The second-order valence-corrected chi connectivity index (χ2v) is 5.80. The summed E-state index contributed by atoms with van der Waals surface area (Å²) in [6.45, 7) is 3.64. The van der Waals surface area contributed by atoms with E-state index in [-0.39, 0.29) is 11.9 Å². The van der Waals surface area contributed by atoms with E-state index in [2.05, 4.69) is 10.3 Å². The molecule has 0 bridgehead atoms. The molecule has 1 N–H and O–H groups in total. The van der Waals surface area contributed by atoms with Crippen molar-refractivity contribution in [2.24, 2.45) is 0 Å². The number of hydrogen-bond acceptors (Lipinski definition) is 4. The predicted molar refractivity (Wildman–Crippen MR) is 89.1 cm³/mol. The van der Waals surface area contributed by atoms with E-state index in [4.69, 9.17) is 4.74 Å². The van der Waals surface area contributed by atoms with Gasteiger partial charge in [-0.05, 0) is 56.5 Å². The maximum Gasteiger partial charge on any atom is 0.261 e. The van der Waals surface area contributed by atoms with E-state index in [1.807, 2.05) is 55.6 Å². The number of ether oxygens (including phenoxy) is 1. The number of hydrogen-bond donors (Lipinski definition) is 1. The molecule has 116 valence electrons. The molecule has 1 heterocycles. The molecule has 0 unspecified atom stereocenters. The Morgan fingerprint density at radius 3 is 2.50 bits per heavy atom. The van der Waals surface area contributed by atoms with Gasteiger partial charge in [-0.25, -0.2) is 0 Å². The number of rotatable bonds is 6. The van der Waals surface area contributed by atoms with Crippen molar-refractivity contribution in [2.45, 2.75) is 30.9 Å². The van der Waals surface area contributed by atoms with Gasteiger partial charge in [-0.2, -0.15) is 0 Å². The Bertz CT molecular complexity index is 602. The molecule has 0 fully saturated rings. The van der Waals surface area contributed by atoms with Gasteiger partial charge in [0.2, 0.25) is 0 Å². The minimum absolute atomic E-state index is 0.154. The van der Waals surface area contributed by atoms with Crippen molar-refractivity contribution in [3.05, 3.63) is 54.4 Å². The van der Waals surface area contributed by atoms with E-state index in [0.717, 1.165) is 10.6 Å². The zero-order chi connectivity index (χ0) is 15.9. The molecule has 2 atom stereocenters. The van der Waals surface area contributed by atoms with Gasteiger partial charge in [0.05, 0.1) is 11.7 Å². The molecule has 0 saturated carbocycles. The second-order valence-electron chi connectivity index (χ2n) is 4.92. The predicted octanol–water partition coefficient (Wildman–Crippen LogP) is 3.45. The first-order valence-electron chi connectivity index (χ1n) is 7.12. The summed E-state index contributed by atoms with van der Waals surface area (Å²) in [5, 5.41) is 2.91. The Balaban J connectivity index is 1.91. The van der Waals surface area contributed by atoms with Gasteiger partial charge in [-0.3, -0.25) is 9.78 Å². The van der Waals surface area contributed by atoms with Crippen LogP contribution in [0.4, 0.5) is 0 Å². The molecule has 0 saturated heterocycles. The average Bonchev–Trinajstić information content (AvgIpc) is 2.56. The molecule has 1 amide bonds. The molecule has 1 aromatic heterocycles. The normalized spacial score (nSPS) is 13.2. The molecule has 0 radical (unpaired) electrons. The Labute approximate surface area is 135 Å². The van der Waals surface area contributed by atoms with Crippen molar-refractivity contribution in [1.82, 2.24) is 10.3 Å². The van der Waals surface area contributed by atoms with Crippen molar-refractivity contribution in [3.63, 3.8) is 0 Å². The average molecular weight is 316 g/mol. The standard InChI is InChI=1S/C17H20N2O2S/c1-12(16-6-4-5-11-18-16)19-17(20)13(2)21-14-7-9-15(22-3)10-8-14/h4-13H,1-3H3,(H,19,20)/t12-,13-/m1/s1. The molecule has 1 aromatic carbocycles. The van der Waals surface area contributed by atoms with E-state index >= 15 is 0 Å². The van der Waals surface area contributed by atoms with Crippen molar-refractivity contribution in [2.75, 3.05) is 6.26 Å². The fourth-order valence-corrected chi connectivity index (χ4v) is 2.36. The molecular weight excluding hydrogens is 296 g/mol. The molecule has 0 spiro atoms. The van der Waals surface area contributed by atoms with Gasteiger partial charge < -0.3 is 10.1 Å². The van der Waals surface area contributed by atoms with Crippen LogP contribution in [0.1, 0.15) is 25.6 Å². The van der Waals surface area contributed by atoms with Crippen molar-refractivity contribution < 1.29 is 9.53 Å². The van der Waals surface area contributed by atoms with E-state index < -0.39 is 6.10 Å². The van der Waals surface area contributed by atoms with E-state index in [1.54, 1.807) is 24.9 Å². The summed E-state index contributed by atoms with van der Waals surface area (Å²) >= 11 is 1.67. The monoisotopic (exact) mass is 316 g/mol. The summed E-state index contributed by atoms with van der Waals surface area (Å²) in [4.78, 5) is 17.6. The minimum atomic E-state index is -0.564. The third-order valence-electron chi connectivity index (χ3n) is 3.23. The molecule has 2 rings (SSSR count). The van der Waals surface area contributed by atoms with Gasteiger partial charge in [0, 0.05) is 11.1 Å². The molecule has 0 aliphatic heterocycles. The number of nitrogens with zero attached hydrogens (tertiary/aromatic N) is 1. The van der Waals surface area contributed by atoms with Crippen LogP contribution >= 0.6 is 11.8 Å². The second kappa shape index (κ2) is 7.84. The molecule has 4 nitrogen and oxygen atoms in total. The lowest BCUT2D eigenvalue weighted by Crippen LogP contribution is -2.38. The quantitative estimate of drug-likeness (QED) is 0.829. The third kappa shape index (κ3) is 4.49. The lowest BCUT2D eigenvalue weighted by molar-refractivity contribution is -0.127. The molecule has 0 aliphatic rings. The van der Waals surface area contributed by atoms with Crippen LogP contribution in [0.15, 0.2) is 53.6 Å². The highest BCUT2D eigenvalue weighted by Gasteiger charge is 2.18. The van der Waals surface area contributed by atoms with Gasteiger partial charge in [0.25, 0.3) is 5.91 Å². The fraction of sp³-hybridized carbons (Fsp3) is 0.294. The molecule has 5 heteroatoms. The Morgan fingerprint density at radius 2 is 1.91 bits per heavy atom. The number of carbonyl (C=O) groups excluding carboxylic acids is 1. The summed E-state index contributed by atoms with van der Waals surface area (Å²) in [5.41, 5.74) is 0.826. The summed E-state index contributed by atoms with van der Waals surface area (Å²) in [5.74, 6) is 0.526. The highest BCUT2D eigenvalue weighted by Crippen LogP contribution is 2.20. The Morgan fingerprint density at radius 1 is 1.18 bits per heavy atom. The van der Waals surface area contributed by atoms with Gasteiger partial charge in [0.15, 0.2) is 6.10 Å². The number of thioether (sulfide) groups is 1. The molecule has 2 aromatic rings. The summed E-state index contributed by atoms with van der Waals surface area (Å²) in [6, 6.07) is 13.2. The number of aromatic nitrogens is 1. The zero-order valence-electron chi connectivity index (χ0n) is 12.9. The lowest BCUT2D eigenvalue weighted by atomic mass is 10.2. The number of nitrogens with one attached hydrogen (secondary N) is 1. The summed E-state index contributed by atoms with van der Waals surface area (Å²) < 4.78 is 5.67. The number of benzene rings is 1. The van der Waals surface area contributed by atoms with E-state index in [0.29, 0.717) is 5.75 Å². The largest absolute Gasteiger partial charge is 0.481 e. The first kappa shape index (κ1) is 16.4. The first-order valence-corrected chi connectivity index (χ1v) is 8.34. The van der Waals surface area contributed by atoms with Crippen molar-refractivity contribution in [1.29, 1.82) is 0 Å². The molecular formula is C17H20N2O2S. The number of pyridine rings is 1. The number of amides is 1. The van der Waals surface area contributed by atoms with Crippen LogP contribution < -0.4 is 10.1 Å². The maximum atomic E-state index is 12.2. The highest BCUT2D eigenvalue weighted by molar-refractivity contribution is 7.98. The van der Waals surface area contributed by atoms with Crippen molar-refractivity contribution >= 4 is 17.7 Å². The van der Waals surface area contributed by atoms with E-state index in [9.17, 15) is 4.79 Å². The van der Waals surface area contributed by atoms with Gasteiger partial charge in [-0.1, -0.05) is 6.07 Å². The van der Waals surface area contributed by atoms with E-state index in [1.165, 1.54) is 0 Å². The van der Waals surface area contributed by atoms with Crippen molar-refractivity contribution in [3.8, 4) is 5.75 Å². The topological polar surface area (TPSA) is 51.2 Å². The minimum Gasteiger partial charge on any atom is -0.481 e. The van der Waals surface area contributed by atoms with Gasteiger partial charge >= 0.3 is 0 Å². The molecule has 22 heavy (non-hydrogen) atoms. The summed E-state index contributed by atoms with van der Waals surface area (Å²) in [7, 11) is 0. The van der Waals surface area contributed by atoms with Crippen LogP contribution in [0, 0.1) is 0 Å². The zero-order valence-corrected chi connectivity index (χ0v) is 13.8. The van der Waals surface area contributed by atoms with Crippen LogP contribution in [0.5, 0.6) is 5.75 Å². The van der Waals surface area contributed by atoms with Gasteiger partial charge in [0.1, 0.15) is 5.75 Å². The van der Waals surface area contributed by atoms with Crippen LogP contribution in [0.3, 0.4) is 0 Å². The fourth-order valence-electron chi connectivity index (χ4n) is 1.95. The Hall–Kier alpha value is -2.01. The highest BCUT2D eigenvalue weighted by atomic mass is 32.2. The van der Waals surface area contributed by atoms with Crippen LogP contribution in [-0.4, -0.2) is 23.3 Å².